The van der Waals surface area contributed by atoms with Crippen LogP contribution in [0.1, 0.15) is 25.3 Å². The summed E-state index contributed by atoms with van der Waals surface area (Å²) in [4.78, 5) is 0.255. The van der Waals surface area contributed by atoms with Crippen molar-refractivity contribution in [2.24, 2.45) is 0 Å². The van der Waals surface area contributed by atoms with Crippen molar-refractivity contribution >= 4 is 27.5 Å². The molecule has 0 aromatic heterocycles. The van der Waals surface area contributed by atoms with E-state index in [1.807, 2.05) is 18.7 Å². The fourth-order valence-corrected chi connectivity index (χ4v) is 4.58. The van der Waals surface area contributed by atoms with Crippen LogP contribution in [0.25, 0.3) is 0 Å². The summed E-state index contributed by atoms with van der Waals surface area (Å²) in [5, 5.41) is 0.405. The van der Waals surface area contributed by atoms with Crippen molar-refractivity contribution in [1.82, 2.24) is 4.72 Å². The topological polar surface area (TPSA) is 72.2 Å². The molecule has 0 aliphatic carbocycles. The summed E-state index contributed by atoms with van der Waals surface area (Å²) in [5.41, 5.74) is 7.37. The molecule has 3 N–H and O–H groups in total. The molecule has 0 bridgehead atoms. The molecule has 1 fully saturated rings. The van der Waals surface area contributed by atoms with Crippen LogP contribution in [-0.4, -0.2) is 26.0 Å². The number of hydrogen-bond donors (Lipinski definition) is 2. The van der Waals surface area contributed by atoms with Crippen LogP contribution in [0.2, 0.25) is 0 Å². The number of rotatable bonds is 5. The van der Waals surface area contributed by atoms with Gasteiger partial charge in [0.25, 0.3) is 0 Å². The van der Waals surface area contributed by atoms with Gasteiger partial charge >= 0.3 is 0 Å². The van der Waals surface area contributed by atoms with E-state index in [0.29, 0.717) is 17.5 Å². The molecule has 4 nitrogen and oxygen atoms in total. The highest BCUT2D eigenvalue weighted by Crippen LogP contribution is 2.26. The number of sulfonamides is 1. The molecule has 0 amide bonds. The molecule has 1 aromatic rings. The van der Waals surface area contributed by atoms with E-state index in [1.54, 1.807) is 18.2 Å². The van der Waals surface area contributed by atoms with Gasteiger partial charge < -0.3 is 5.73 Å². The number of thioether (sulfide) groups is 1. The standard InChI is InChI=1S/C13H20N2O2S2/c1-2-10-5-6-12(8-13(10)14)19(16,17)15-9-11-4-3-7-18-11/h5-6,8,11,15H,2-4,7,9,14H2,1H3. The third kappa shape index (κ3) is 3.64. The van der Waals surface area contributed by atoms with Gasteiger partial charge in [0.05, 0.1) is 4.90 Å². The average Bonchev–Trinajstić information content (AvgIpc) is 2.89. The van der Waals surface area contributed by atoms with E-state index in [0.717, 1.165) is 24.2 Å². The molecule has 6 heteroatoms. The van der Waals surface area contributed by atoms with Crippen molar-refractivity contribution in [3.05, 3.63) is 23.8 Å². The van der Waals surface area contributed by atoms with Gasteiger partial charge in [-0.25, -0.2) is 13.1 Å². The minimum atomic E-state index is -3.44. The third-order valence-electron chi connectivity index (χ3n) is 3.33. The van der Waals surface area contributed by atoms with Gasteiger partial charge in [0, 0.05) is 17.5 Å². The van der Waals surface area contributed by atoms with Gasteiger partial charge in [-0.2, -0.15) is 11.8 Å². The summed E-state index contributed by atoms with van der Waals surface area (Å²) >= 11 is 1.84. The zero-order valence-corrected chi connectivity index (χ0v) is 12.7. The molecule has 1 aliphatic rings. The number of nitrogen functional groups attached to an aromatic ring is 1. The number of nitrogens with one attached hydrogen (secondary N) is 1. The fourth-order valence-electron chi connectivity index (χ4n) is 2.15. The van der Waals surface area contributed by atoms with Crippen LogP contribution in [0.15, 0.2) is 23.1 Å². The first-order valence-corrected chi connectivity index (χ1v) is 9.06. The Balaban J connectivity index is 2.08. The quantitative estimate of drug-likeness (QED) is 0.816. The van der Waals surface area contributed by atoms with E-state index in [-0.39, 0.29) is 4.90 Å². The first kappa shape index (κ1) is 14.7. The van der Waals surface area contributed by atoms with Crippen LogP contribution in [-0.2, 0) is 16.4 Å². The Morgan fingerprint density at radius 3 is 2.84 bits per heavy atom. The molecule has 1 aliphatic heterocycles. The van der Waals surface area contributed by atoms with Crippen molar-refractivity contribution in [2.45, 2.75) is 36.3 Å². The first-order chi connectivity index (χ1) is 9.03. The fraction of sp³-hybridized carbons (Fsp3) is 0.538. The molecule has 1 heterocycles. The SMILES string of the molecule is CCc1ccc(S(=O)(=O)NCC2CCCS2)cc1N. The zero-order chi connectivity index (χ0) is 13.9. The van der Waals surface area contributed by atoms with Crippen molar-refractivity contribution < 1.29 is 8.42 Å². The summed E-state index contributed by atoms with van der Waals surface area (Å²) < 4.78 is 27.0. The van der Waals surface area contributed by atoms with Gasteiger partial charge in [-0.05, 0) is 42.7 Å². The van der Waals surface area contributed by atoms with Crippen LogP contribution in [0.3, 0.4) is 0 Å². The zero-order valence-electron chi connectivity index (χ0n) is 11.1. The maximum Gasteiger partial charge on any atom is 0.240 e. The average molecular weight is 300 g/mol. The molecule has 1 unspecified atom stereocenters. The van der Waals surface area contributed by atoms with Crippen LogP contribution >= 0.6 is 11.8 Å². The van der Waals surface area contributed by atoms with Crippen molar-refractivity contribution in [3.63, 3.8) is 0 Å². The van der Waals surface area contributed by atoms with Crippen LogP contribution in [0.5, 0.6) is 0 Å². The minimum Gasteiger partial charge on any atom is -0.398 e. The Bertz CT molecular complexity index is 538. The lowest BCUT2D eigenvalue weighted by Crippen LogP contribution is -2.29. The van der Waals surface area contributed by atoms with Gasteiger partial charge in [-0.3, -0.25) is 0 Å². The highest BCUT2D eigenvalue weighted by atomic mass is 32.2. The summed E-state index contributed by atoms with van der Waals surface area (Å²) in [5.74, 6) is 1.13. The predicted octanol–water partition coefficient (Wildman–Crippen LogP) is 2.01. The first-order valence-electron chi connectivity index (χ1n) is 6.52. The summed E-state index contributed by atoms with van der Waals surface area (Å²) in [6.07, 6.45) is 3.07. The highest BCUT2D eigenvalue weighted by molar-refractivity contribution is 8.00. The Hall–Kier alpha value is -0.720. The smallest absolute Gasteiger partial charge is 0.240 e. The van der Waals surface area contributed by atoms with E-state index in [2.05, 4.69) is 4.72 Å². The van der Waals surface area contributed by atoms with Gasteiger partial charge in [0.15, 0.2) is 0 Å². The van der Waals surface area contributed by atoms with Gasteiger partial charge in [-0.1, -0.05) is 13.0 Å². The lowest BCUT2D eigenvalue weighted by atomic mass is 10.1. The predicted molar refractivity (Wildman–Crippen MR) is 80.9 cm³/mol. The molecule has 0 spiro atoms. The summed E-state index contributed by atoms with van der Waals surface area (Å²) in [7, 11) is -3.44. The van der Waals surface area contributed by atoms with Crippen molar-refractivity contribution in [3.8, 4) is 0 Å². The second kappa shape index (κ2) is 6.15. The number of hydrogen-bond acceptors (Lipinski definition) is 4. The van der Waals surface area contributed by atoms with E-state index in [1.165, 1.54) is 6.42 Å². The molecule has 19 heavy (non-hydrogen) atoms. The monoisotopic (exact) mass is 300 g/mol. The summed E-state index contributed by atoms with van der Waals surface area (Å²) in [6, 6.07) is 4.95. The molecular formula is C13H20N2O2S2. The minimum absolute atomic E-state index is 0.255. The van der Waals surface area contributed by atoms with Crippen LogP contribution in [0, 0.1) is 0 Å². The normalized spacial score (nSPS) is 19.7. The largest absolute Gasteiger partial charge is 0.398 e. The Labute approximate surface area is 119 Å². The third-order valence-corrected chi connectivity index (χ3v) is 6.15. The van der Waals surface area contributed by atoms with Crippen LogP contribution in [0.4, 0.5) is 5.69 Å². The van der Waals surface area contributed by atoms with Gasteiger partial charge in [0.1, 0.15) is 0 Å². The van der Waals surface area contributed by atoms with E-state index >= 15 is 0 Å². The van der Waals surface area contributed by atoms with E-state index in [9.17, 15) is 8.42 Å². The van der Waals surface area contributed by atoms with Crippen LogP contribution < -0.4 is 10.5 Å². The lowest BCUT2D eigenvalue weighted by molar-refractivity contribution is 0.579. The molecule has 1 atom stereocenters. The molecule has 1 saturated heterocycles. The number of nitrogens with two attached hydrogens (primary N) is 1. The molecule has 106 valence electrons. The molecule has 1 aromatic carbocycles. The van der Waals surface area contributed by atoms with Crippen molar-refractivity contribution in [2.75, 3.05) is 18.0 Å². The number of benzene rings is 1. The molecule has 2 rings (SSSR count). The van der Waals surface area contributed by atoms with E-state index in [4.69, 9.17) is 5.73 Å². The maximum absolute atomic E-state index is 12.2. The number of aryl methyl sites for hydroxylation is 1. The Morgan fingerprint density at radius 2 is 2.26 bits per heavy atom. The second-order valence-electron chi connectivity index (χ2n) is 4.70. The van der Waals surface area contributed by atoms with Crippen molar-refractivity contribution in [1.29, 1.82) is 0 Å². The molecule has 0 saturated carbocycles. The molecular weight excluding hydrogens is 280 g/mol. The second-order valence-corrected chi connectivity index (χ2v) is 7.88. The highest BCUT2D eigenvalue weighted by Gasteiger charge is 2.20. The summed E-state index contributed by atoms with van der Waals surface area (Å²) in [6.45, 7) is 2.50. The maximum atomic E-state index is 12.2. The lowest BCUT2D eigenvalue weighted by Gasteiger charge is -2.12. The number of anilines is 1. The molecule has 0 radical (unpaired) electrons. The van der Waals surface area contributed by atoms with Gasteiger partial charge in [-0.15, -0.1) is 0 Å². The Morgan fingerprint density at radius 1 is 1.47 bits per heavy atom. The van der Waals surface area contributed by atoms with E-state index < -0.39 is 10.0 Å². The Kier molecular flexibility index (Phi) is 4.76. The van der Waals surface area contributed by atoms with Gasteiger partial charge in [0.2, 0.25) is 10.0 Å².